The van der Waals surface area contributed by atoms with Crippen LogP contribution in [0.4, 0.5) is 5.69 Å². The van der Waals surface area contributed by atoms with Crippen molar-refractivity contribution < 1.29 is 29.1 Å². The average molecular weight is 508 g/mol. The van der Waals surface area contributed by atoms with Crippen LogP contribution >= 0.6 is 0 Å². The summed E-state index contributed by atoms with van der Waals surface area (Å²) < 4.78 is 11.5. The molecule has 2 aromatic rings. The molecule has 1 saturated carbocycles. The Hall–Kier alpha value is -3.63. The number of carbonyl (C=O) groups excluding carboxylic acids is 1. The van der Waals surface area contributed by atoms with Gasteiger partial charge in [-0.1, -0.05) is 6.08 Å². The molecule has 2 fully saturated rings. The molecule has 6 rings (SSSR count). The topological polar surface area (TPSA) is 130 Å². The largest absolute Gasteiger partial charge is 0.504 e. The normalized spacial score (nSPS) is 31.6. The molecule has 10 nitrogen and oxygen atoms in total. The Bertz CT molecular complexity index is 1320. The zero-order valence-electron chi connectivity index (χ0n) is 20.5. The number of furan rings is 1. The van der Waals surface area contributed by atoms with Crippen molar-refractivity contribution in [3.63, 3.8) is 0 Å². The summed E-state index contributed by atoms with van der Waals surface area (Å²) in [5.74, 6) is -0.350. The van der Waals surface area contributed by atoms with E-state index in [0.29, 0.717) is 43.5 Å². The first kappa shape index (κ1) is 23.7. The molecule has 1 aromatic carbocycles. The van der Waals surface area contributed by atoms with E-state index in [9.17, 15) is 25.1 Å². The van der Waals surface area contributed by atoms with E-state index in [4.69, 9.17) is 9.15 Å². The molecule has 1 spiro atoms. The van der Waals surface area contributed by atoms with Crippen LogP contribution in [0.1, 0.15) is 36.0 Å². The van der Waals surface area contributed by atoms with Crippen LogP contribution < -0.4 is 4.74 Å². The van der Waals surface area contributed by atoms with Gasteiger partial charge in [0.15, 0.2) is 11.5 Å². The maximum atomic E-state index is 13.2. The Morgan fingerprint density at radius 3 is 2.95 bits per heavy atom. The fourth-order valence-electron chi connectivity index (χ4n) is 7.43. The Kier molecular flexibility index (Phi) is 5.26. The molecule has 3 heterocycles. The summed E-state index contributed by atoms with van der Waals surface area (Å²) in [5.41, 5.74) is -0.602. The second-order valence-electron chi connectivity index (χ2n) is 10.5. The monoisotopic (exact) mass is 507 g/mol. The maximum absolute atomic E-state index is 13.2. The number of aromatic hydroxyl groups is 1. The molecule has 2 unspecified atom stereocenters. The first-order valence-electron chi connectivity index (χ1n) is 12.5. The minimum Gasteiger partial charge on any atom is -0.504 e. The van der Waals surface area contributed by atoms with Crippen molar-refractivity contribution in [1.82, 2.24) is 9.80 Å². The molecule has 37 heavy (non-hydrogen) atoms. The van der Waals surface area contributed by atoms with E-state index in [0.717, 1.165) is 11.6 Å². The molecule has 1 amide bonds. The van der Waals surface area contributed by atoms with E-state index < -0.39 is 28.1 Å². The van der Waals surface area contributed by atoms with Crippen molar-refractivity contribution >= 4 is 17.7 Å². The highest BCUT2D eigenvalue weighted by Crippen LogP contribution is 2.67. The minimum absolute atomic E-state index is 0.165. The lowest BCUT2D eigenvalue weighted by Crippen LogP contribution is -2.78. The number of rotatable bonds is 6. The summed E-state index contributed by atoms with van der Waals surface area (Å²) in [4.78, 5) is 28.5. The van der Waals surface area contributed by atoms with Crippen molar-refractivity contribution in [2.24, 2.45) is 0 Å². The summed E-state index contributed by atoms with van der Waals surface area (Å²) in [6.45, 7) is 5.03. The number of amides is 1. The SMILES string of the molecule is C=CCN1CC[C@]23c4c5c([N+](=O)[O-])cc(O)c4OC2C(N(C)C(=O)/C=C/c2ccoc2)CC[C@@]3(O)[C@H]1C5. The summed E-state index contributed by atoms with van der Waals surface area (Å²) in [6, 6.07) is 2.11. The second kappa shape index (κ2) is 8.19. The van der Waals surface area contributed by atoms with E-state index in [2.05, 4.69) is 11.5 Å². The van der Waals surface area contributed by atoms with E-state index in [1.54, 1.807) is 30.2 Å². The average Bonchev–Trinajstić information content (AvgIpc) is 3.50. The number of nitro benzene ring substituents is 1. The van der Waals surface area contributed by atoms with Crippen molar-refractivity contribution in [3.8, 4) is 11.5 Å². The molecule has 4 aliphatic rings. The molecule has 2 bridgehead atoms. The third-order valence-electron chi connectivity index (χ3n) is 9.01. The van der Waals surface area contributed by atoms with Gasteiger partial charge in [0.05, 0.1) is 40.6 Å². The van der Waals surface area contributed by atoms with Crippen LogP contribution in [0.5, 0.6) is 11.5 Å². The lowest BCUT2D eigenvalue weighted by Gasteiger charge is -2.64. The number of benzene rings is 1. The van der Waals surface area contributed by atoms with E-state index >= 15 is 0 Å². The van der Waals surface area contributed by atoms with Crippen molar-refractivity contribution in [1.29, 1.82) is 0 Å². The molecule has 0 radical (unpaired) electrons. The van der Waals surface area contributed by atoms with Crippen LogP contribution in [0.15, 0.2) is 47.8 Å². The highest BCUT2D eigenvalue weighted by molar-refractivity contribution is 5.92. The van der Waals surface area contributed by atoms with Crippen molar-refractivity contribution in [2.45, 2.75) is 54.9 Å². The van der Waals surface area contributed by atoms with Gasteiger partial charge < -0.3 is 24.3 Å². The van der Waals surface area contributed by atoms with Crippen LogP contribution in [0.2, 0.25) is 0 Å². The predicted octanol–water partition coefficient (Wildman–Crippen LogP) is 2.77. The molecule has 1 saturated heterocycles. The Balaban J connectivity index is 1.47. The first-order chi connectivity index (χ1) is 17.7. The summed E-state index contributed by atoms with van der Waals surface area (Å²) in [7, 11) is 1.70. The number of phenolic OH excluding ortho intramolecular Hbond substituents is 1. The van der Waals surface area contributed by atoms with Gasteiger partial charge in [-0.05, 0) is 44.4 Å². The standard InChI is InChI=1S/C27H29N3O7/c1-3-10-29-11-9-26-23-17-13-21(29)27(26,33)8-6-18(28(2)22(32)5-4-16-7-12-36-15-16)25(26)37-24(23)20(31)14-19(17)30(34)35/h3-5,7,12,14-15,18,21,25,31,33H,1,6,8-11,13H2,2H3/b5-4+/t18?,21-,25?,26+,27-/m1/s1. The van der Waals surface area contributed by atoms with Crippen LogP contribution in [-0.4, -0.2) is 74.8 Å². The van der Waals surface area contributed by atoms with Crippen LogP contribution in [-0.2, 0) is 16.6 Å². The third kappa shape index (κ3) is 3.09. The minimum atomic E-state index is -1.24. The summed E-state index contributed by atoms with van der Waals surface area (Å²) in [6.07, 6.45) is 8.93. The number of aliphatic hydroxyl groups is 1. The number of phenols is 1. The Morgan fingerprint density at radius 1 is 1.43 bits per heavy atom. The molecule has 2 N–H and O–H groups in total. The van der Waals surface area contributed by atoms with Gasteiger partial charge in [-0.15, -0.1) is 6.58 Å². The maximum Gasteiger partial charge on any atom is 0.276 e. The third-order valence-corrected chi connectivity index (χ3v) is 9.01. The van der Waals surface area contributed by atoms with Gasteiger partial charge in [0.25, 0.3) is 5.69 Å². The van der Waals surface area contributed by atoms with E-state index in [1.165, 1.54) is 18.6 Å². The molecule has 2 aliphatic carbocycles. The number of piperidine rings is 1. The molecule has 2 aliphatic heterocycles. The van der Waals surface area contributed by atoms with Crippen molar-refractivity contribution in [2.75, 3.05) is 20.1 Å². The highest BCUT2D eigenvalue weighted by atomic mass is 16.6. The number of ether oxygens (including phenoxy) is 1. The molecule has 194 valence electrons. The number of likely N-dealkylation sites (tertiary alicyclic amines) is 1. The number of hydrogen-bond acceptors (Lipinski definition) is 8. The lowest BCUT2D eigenvalue weighted by atomic mass is 9.48. The van der Waals surface area contributed by atoms with Gasteiger partial charge in [0, 0.05) is 42.4 Å². The predicted molar refractivity (Wildman–Crippen MR) is 133 cm³/mol. The first-order valence-corrected chi connectivity index (χ1v) is 12.5. The van der Waals surface area contributed by atoms with Gasteiger partial charge in [0.2, 0.25) is 5.91 Å². The van der Waals surface area contributed by atoms with Gasteiger partial charge in [-0.25, -0.2) is 0 Å². The van der Waals surface area contributed by atoms with Gasteiger partial charge in [0.1, 0.15) is 6.10 Å². The number of carbonyl (C=O) groups is 1. The number of nitro groups is 1. The van der Waals surface area contributed by atoms with Gasteiger partial charge in [-0.2, -0.15) is 0 Å². The van der Waals surface area contributed by atoms with Crippen molar-refractivity contribution in [3.05, 3.63) is 70.2 Å². The summed E-state index contributed by atoms with van der Waals surface area (Å²) >= 11 is 0. The van der Waals surface area contributed by atoms with Gasteiger partial charge in [-0.3, -0.25) is 19.8 Å². The number of nitrogens with zero attached hydrogens (tertiary/aromatic N) is 3. The quantitative estimate of drug-likeness (QED) is 0.264. The Morgan fingerprint density at radius 2 is 2.24 bits per heavy atom. The fraction of sp³-hybridized carbons (Fsp3) is 0.444. The van der Waals surface area contributed by atoms with Crippen LogP contribution in [0, 0.1) is 10.1 Å². The van der Waals surface area contributed by atoms with Gasteiger partial charge >= 0.3 is 0 Å². The van der Waals surface area contributed by atoms with Crippen LogP contribution in [0.3, 0.4) is 0 Å². The van der Waals surface area contributed by atoms with E-state index in [-0.39, 0.29) is 35.6 Å². The number of likely N-dealkylation sites (N-methyl/N-ethyl adjacent to an activating group) is 1. The van der Waals surface area contributed by atoms with E-state index in [1.807, 2.05) is 0 Å². The molecular formula is C27H29N3O7. The zero-order chi connectivity index (χ0) is 26.1. The summed E-state index contributed by atoms with van der Waals surface area (Å²) in [5, 5.41) is 35.3. The smallest absolute Gasteiger partial charge is 0.276 e. The molecule has 1 aromatic heterocycles. The second-order valence-corrected chi connectivity index (χ2v) is 10.5. The molecule has 10 heteroatoms. The Labute approximate surface area is 213 Å². The molecular weight excluding hydrogens is 478 g/mol. The highest BCUT2D eigenvalue weighted by Gasteiger charge is 2.74. The molecule has 5 atom stereocenters. The number of hydrogen-bond donors (Lipinski definition) is 2. The zero-order valence-corrected chi connectivity index (χ0v) is 20.5. The lowest BCUT2D eigenvalue weighted by molar-refractivity contribution is -0.386. The van der Waals surface area contributed by atoms with Crippen LogP contribution in [0.25, 0.3) is 6.08 Å². The fourth-order valence-corrected chi connectivity index (χ4v) is 7.43.